The number of hydroxylamine groups is 2. The molecule has 0 aliphatic carbocycles. The quantitative estimate of drug-likeness (QED) is 0.473. The Balaban J connectivity index is 2.35. The number of para-hydroxylation sites is 1. The van der Waals surface area contributed by atoms with Crippen LogP contribution in [-0.4, -0.2) is 6.54 Å². The Hall–Kier alpha value is -1.38. The fourth-order valence-electron chi connectivity index (χ4n) is 1.42. The van der Waals surface area contributed by atoms with Crippen LogP contribution in [0.25, 0.3) is 0 Å². The van der Waals surface area contributed by atoms with Gasteiger partial charge in [-0.1, -0.05) is 24.3 Å². The van der Waals surface area contributed by atoms with Crippen molar-refractivity contribution in [2.75, 3.05) is 6.54 Å². The molecule has 0 N–H and O–H groups in total. The number of allylic oxidation sites excluding steroid dienone is 2. The minimum Gasteiger partial charge on any atom is -0.622 e. The van der Waals surface area contributed by atoms with Gasteiger partial charge in [-0.05, 0) is 24.3 Å². The molecule has 1 unspecified atom stereocenters. The number of hydrogen-bond donors (Lipinski definition) is 0. The molecule has 0 radical (unpaired) electrons. The van der Waals surface area contributed by atoms with Gasteiger partial charge < -0.3 is 5.21 Å². The van der Waals surface area contributed by atoms with Crippen molar-refractivity contribution in [3.8, 4) is 0 Å². The van der Waals surface area contributed by atoms with E-state index in [0.717, 1.165) is 5.69 Å². The molecule has 13 heavy (non-hydrogen) atoms. The Morgan fingerprint density at radius 2 is 1.85 bits per heavy atom. The lowest BCUT2D eigenvalue weighted by molar-refractivity contribution is 0.541. The van der Waals surface area contributed by atoms with E-state index in [2.05, 4.69) is 0 Å². The summed E-state index contributed by atoms with van der Waals surface area (Å²) in [7, 11) is 0. The van der Waals surface area contributed by atoms with Crippen LogP contribution in [0.1, 0.15) is 0 Å². The Bertz CT molecular complexity index is 342. The van der Waals surface area contributed by atoms with Gasteiger partial charge in [0.2, 0.25) is 0 Å². The van der Waals surface area contributed by atoms with Crippen molar-refractivity contribution in [2.45, 2.75) is 0 Å². The Morgan fingerprint density at radius 3 is 2.46 bits per heavy atom. The van der Waals surface area contributed by atoms with E-state index < -0.39 is 0 Å². The first-order valence-corrected chi connectivity index (χ1v) is 4.30. The van der Waals surface area contributed by atoms with Crippen LogP contribution >= 0.6 is 0 Å². The van der Waals surface area contributed by atoms with Crippen LogP contribution in [0.2, 0.25) is 0 Å². The van der Waals surface area contributed by atoms with E-state index in [1.54, 1.807) is 12.3 Å². The smallest absolute Gasteiger partial charge is 0.137 e. The molecule has 0 fully saturated rings. The van der Waals surface area contributed by atoms with Crippen molar-refractivity contribution < 1.29 is 0 Å². The largest absolute Gasteiger partial charge is 0.622 e. The van der Waals surface area contributed by atoms with Gasteiger partial charge in [-0.2, -0.15) is 0 Å². The third-order valence-electron chi connectivity index (χ3n) is 2.14. The molecule has 1 atom stereocenters. The summed E-state index contributed by atoms with van der Waals surface area (Å²) in [6, 6.07) is 9.41. The normalized spacial score (nSPS) is 26.2. The van der Waals surface area contributed by atoms with Crippen LogP contribution in [-0.2, 0) is 0 Å². The predicted octanol–water partition coefficient (Wildman–Crippen LogP) is 2.58. The first-order chi connectivity index (χ1) is 6.31. The van der Waals surface area contributed by atoms with Gasteiger partial charge >= 0.3 is 0 Å². The molecular weight excluding hydrogens is 162 g/mol. The van der Waals surface area contributed by atoms with Crippen LogP contribution < -0.4 is 4.65 Å². The summed E-state index contributed by atoms with van der Waals surface area (Å²) in [5, 5.41) is 12.1. The van der Waals surface area contributed by atoms with Crippen molar-refractivity contribution in [1.82, 2.24) is 4.65 Å². The third-order valence-corrected chi connectivity index (χ3v) is 2.14. The molecule has 66 valence electrons. The Labute approximate surface area is 77.6 Å². The lowest BCUT2D eigenvalue weighted by atomic mass is 10.2. The van der Waals surface area contributed by atoms with E-state index in [4.69, 9.17) is 0 Å². The van der Waals surface area contributed by atoms with Crippen LogP contribution in [0.15, 0.2) is 54.8 Å². The zero-order chi connectivity index (χ0) is 9.15. The van der Waals surface area contributed by atoms with Gasteiger partial charge in [0.15, 0.2) is 0 Å². The van der Waals surface area contributed by atoms with Gasteiger partial charge in [0.25, 0.3) is 0 Å². The molecule has 1 aliphatic rings. The van der Waals surface area contributed by atoms with Crippen molar-refractivity contribution in [3.05, 3.63) is 60.0 Å². The van der Waals surface area contributed by atoms with Gasteiger partial charge in [0, 0.05) is 0 Å². The van der Waals surface area contributed by atoms with Gasteiger partial charge in [-0.15, -0.1) is 0 Å². The highest BCUT2D eigenvalue weighted by Gasteiger charge is 2.16. The molecule has 2 nitrogen and oxygen atoms in total. The van der Waals surface area contributed by atoms with Crippen LogP contribution in [0.3, 0.4) is 0 Å². The van der Waals surface area contributed by atoms with Crippen LogP contribution in [0.5, 0.6) is 0 Å². The van der Waals surface area contributed by atoms with E-state index in [1.807, 2.05) is 42.5 Å². The maximum atomic E-state index is 12.1. The molecule has 1 aliphatic heterocycles. The summed E-state index contributed by atoms with van der Waals surface area (Å²) in [5.74, 6) is 0. The molecule has 0 saturated heterocycles. The molecule has 1 heterocycles. The van der Waals surface area contributed by atoms with Crippen molar-refractivity contribution in [3.63, 3.8) is 0 Å². The molecule has 1 aromatic rings. The fraction of sp³-hybridized carbons (Fsp3) is 0.0909. The molecular formula is C11H11NO. The monoisotopic (exact) mass is 173 g/mol. The maximum absolute atomic E-state index is 12.1. The zero-order valence-electron chi connectivity index (χ0n) is 7.26. The van der Waals surface area contributed by atoms with Crippen LogP contribution in [0, 0.1) is 5.21 Å². The van der Waals surface area contributed by atoms with E-state index in [-0.39, 0.29) is 4.65 Å². The van der Waals surface area contributed by atoms with Gasteiger partial charge in [0.1, 0.15) is 18.4 Å². The molecule has 0 aromatic heterocycles. The third kappa shape index (κ3) is 1.54. The van der Waals surface area contributed by atoms with Gasteiger partial charge in [-0.3, -0.25) is 4.65 Å². The molecule has 0 bridgehead atoms. The SMILES string of the molecule is [O-][N+]1(c2ccccc2)C=CC=CC1. The average molecular weight is 173 g/mol. The second kappa shape index (κ2) is 3.17. The summed E-state index contributed by atoms with van der Waals surface area (Å²) >= 11 is 0. The number of rotatable bonds is 1. The lowest BCUT2D eigenvalue weighted by Crippen LogP contribution is -2.37. The average Bonchev–Trinajstić information content (AvgIpc) is 2.20. The van der Waals surface area contributed by atoms with Crippen LogP contribution in [0.4, 0.5) is 5.69 Å². The highest BCUT2D eigenvalue weighted by Crippen LogP contribution is 2.23. The minimum atomic E-state index is -0.378. The number of quaternary nitrogens is 1. The van der Waals surface area contributed by atoms with Gasteiger partial charge in [0.05, 0.1) is 0 Å². The molecule has 2 rings (SSSR count). The number of nitrogens with zero attached hydrogens (tertiary/aromatic N) is 1. The topological polar surface area (TPSA) is 23.1 Å². The van der Waals surface area contributed by atoms with E-state index in [0.29, 0.717) is 6.54 Å². The van der Waals surface area contributed by atoms with Crippen molar-refractivity contribution in [1.29, 1.82) is 0 Å². The lowest BCUT2D eigenvalue weighted by Gasteiger charge is -2.38. The molecule has 0 saturated carbocycles. The van der Waals surface area contributed by atoms with Crippen molar-refractivity contribution >= 4 is 5.69 Å². The standard InChI is InChI=1S/C11H11NO/c13-12(9-5-2-6-10-12)11-7-3-1-4-8-11/h1-9H,10H2. The van der Waals surface area contributed by atoms with Crippen molar-refractivity contribution in [2.24, 2.45) is 0 Å². The zero-order valence-corrected chi connectivity index (χ0v) is 7.26. The van der Waals surface area contributed by atoms with Gasteiger partial charge in [-0.25, -0.2) is 0 Å². The highest BCUT2D eigenvalue weighted by atomic mass is 16.5. The van der Waals surface area contributed by atoms with E-state index >= 15 is 0 Å². The maximum Gasteiger partial charge on any atom is 0.137 e. The molecule has 2 heteroatoms. The predicted molar refractivity (Wildman–Crippen MR) is 54.8 cm³/mol. The summed E-state index contributed by atoms with van der Waals surface area (Å²) in [6.45, 7) is 0.487. The summed E-state index contributed by atoms with van der Waals surface area (Å²) in [6.07, 6.45) is 7.25. The highest BCUT2D eigenvalue weighted by molar-refractivity contribution is 5.47. The number of hydrogen-bond acceptors (Lipinski definition) is 1. The summed E-state index contributed by atoms with van der Waals surface area (Å²) in [4.78, 5) is 0. The fourth-order valence-corrected chi connectivity index (χ4v) is 1.42. The first-order valence-electron chi connectivity index (χ1n) is 4.30. The summed E-state index contributed by atoms with van der Waals surface area (Å²) in [5.41, 5.74) is 0.781. The Kier molecular flexibility index (Phi) is 2.00. The second-order valence-corrected chi connectivity index (χ2v) is 3.08. The van der Waals surface area contributed by atoms with E-state index in [1.165, 1.54) is 0 Å². The second-order valence-electron chi connectivity index (χ2n) is 3.08. The van der Waals surface area contributed by atoms with E-state index in [9.17, 15) is 5.21 Å². The summed E-state index contributed by atoms with van der Waals surface area (Å²) < 4.78 is -0.378. The number of benzene rings is 1. The first kappa shape index (κ1) is 8.23. The minimum absolute atomic E-state index is 0.378. The Morgan fingerprint density at radius 1 is 1.08 bits per heavy atom. The molecule has 0 spiro atoms. The molecule has 1 aromatic carbocycles. The molecule has 0 amide bonds.